The number of hydrogen-bond donors (Lipinski definition) is 2. The Hall–Kier alpha value is -1.35. The molecule has 0 amide bonds. The lowest BCUT2D eigenvalue weighted by molar-refractivity contribution is 0.658. The molecule has 0 aromatic carbocycles. The normalized spacial score (nSPS) is 24.3. The van der Waals surface area contributed by atoms with Crippen molar-refractivity contribution in [2.24, 2.45) is 5.92 Å². The summed E-state index contributed by atoms with van der Waals surface area (Å²) in [5, 5.41) is 6.70. The first-order valence-corrected chi connectivity index (χ1v) is 5.53. The number of hydrogen-bond acceptors (Lipinski definition) is 3. The molecule has 0 saturated carbocycles. The molecule has 3 heterocycles. The number of aromatic nitrogens is 1. The highest BCUT2D eigenvalue weighted by molar-refractivity contribution is 5.52. The molecule has 1 atom stereocenters. The Kier molecular flexibility index (Phi) is 2.18. The second-order valence-electron chi connectivity index (χ2n) is 4.24. The molecule has 2 N–H and O–H groups in total. The summed E-state index contributed by atoms with van der Waals surface area (Å²) < 4.78 is 0. The van der Waals surface area contributed by atoms with Crippen molar-refractivity contribution in [2.45, 2.75) is 12.8 Å². The summed E-state index contributed by atoms with van der Waals surface area (Å²) in [6.45, 7) is 2.28. The van der Waals surface area contributed by atoms with Gasteiger partial charge in [0.15, 0.2) is 0 Å². The second-order valence-corrected chi connectivity index (χ2v) is 4.24. The Morgan fingerprint density at radius 1 is 1.40 bits per heavy atom. The summed E-state index contributed by atoms with van der Waals surface area (Å²) in [5.41, 5.74) is 2.84. The Bertz CT molecular complexity index is 392. The fourth-order valence-electron chi connectivity index (χ4n) is 2.38. The molecule has 0 bridgehead atoms. The maximum Gasteiger partial charge on any atom is 0.133 e. The minimum atomic E-state index is 0.714. The molecule has 2 aliphatic rings. The highest BCUT2D eigenvalue weighted by Gasteiger charge is 2.22. The molecular formula is C12H15N3. The van der Waals surface area contributed by atoms with Crippen molar-refractivity contribution in [1.82, 2.24) is 10.3 Å². The SMILES string of the molecule is C1=C(C2CCNC2)Cc2cccnc2N1. The van der Waals surface area contributed by atoms with Gasteiger partial charge in [0.05, 0.1) is 0 Å². The highest BCUT2D eigenvalue weighted by atomic mass is 15.0. The molecule has 78 valence electrons. The van der Waals surface area contributed by atoms with Crippen molar-refractivity contribution in [3.05, 3.63) is 35.7 Å². The van der Waals surface area contributed by atoms with Crippen molar-refractivity contribution in [3.8, 4) is 0 Å². The van der Waals surface area contributed by atoms with E-state index in [1.807, 2.05) is 12.3 Å². The number of pyridine rings is 1. The Morgan fingerprint density at radius 3 is 3.27 bits per heavy atom. The summed E-state index contributed by atoms with van der Waals surface area (Å²) in [5.74, 6) is 1.73. The van der Waals surface area contributed by atoms with Gasteiger partial charge in [-0.1, -0.05) is 6.07 Å². The van der Waals surface area contributed by atoms with E-state index in [1.54, 1.807) is 0 Å². The van der Waals surface area contributed by atoms with Crippen LogP contribution in [0.15, 0.2) is 30.1 Å². The van der Waals surface area contributed by atoms with Gasteiger partial charge in [0.1, 0.15) is 5.82 Å². The van der Waals surface area contributed by atoms with Crippen molar-refractivity contribution in [3.63, 3.8) is 0 Å². The number of rotatable bonds is 1. The molecular weight excluding hydrogens is 186 g/mol. The van der Waals surface area contributed by atoms with Crippen LogP contribution in [0.1, 0.15) is 12.0 Å². The number of fused-ring (bicyclic) bond motifs is 1. The third kappa shape index (κ3) is 1.63. The zero-order valence-corrected chi connectivity index (χ0v) is 8.66. The summed E-state index contributed by atoms with van der Waals surface area (Å²) >= 11 is 0. The molecule has 0 spiro atoms. The predicted octanol–water partition coefficient (Wildman–Crippen LogP) is 1.54. The average Bonchev–Trinajstić information content (AvgIpc) is 2.82. The zero-order valence-electron chi connectivity index (χ0n) is 8.66. The summed E-state index contributed by atoms with van der Waals surface area (Å²) in [6.07, 6.45) is 6.31. The quantitative estimate of drug-likeness (QED) is 0.723. The van der Waals surface area contributed by atoms with Crippen LogP contribution in [0.2, 0.25) is 0 Å². The molecule has 0 radical (unpaired) electrons. The Balaban J connectivity index is 1.82. The molecule has 1 saturated heterocycles. The van der Waals surface area contributed by atoms with Crippen LogP contribution in [0.5, 0.6) is 0 Å². The molecule has 0 aliphatic carbocycles. The molecule has 15 heavy (non-hydrogen) atoms. The minimum Gasteiger partial charge on any atom is -0.346 e. The van der Waals surface area contributed by atoms with E-state index in [4.69, 9.17) is 0 Å². The first-order valence-electron chi connectivity index (χ1n) is 5.53. The lowest BCUT2D eigenvalue weighted by Gasteiger charge is -2.20. The van der Waals surface area contributed by atoms with Gasteiger partial charge >= 0.3 is 0 Å². The van der Waals surface area contributed by atoms with Crippen LogP contribution in [0.4, 0.5) is 5.82 Å². The number of nitrogens with one attached hydrogen (secondary N) is 2. The fourth-order valence-corrected chi connectivity index (χ4v) is 2.38. The van der Waals surface area contributed by atoms with Crippen LogP contribution in [0, 0.1) is 5.92 Å². The van der Waals surface area contributed by atoms with E-state index in [2.05, 4.69) is 27.9 Å². The van der Waals surface area contributed by atoms with E-state index in [0.717, 1.165) is 25.3 Å². The second kappa shape index (κ2) is 3.66. The third-order valence-corrected chi connectivity index (χ3v) is 3.26. The van der Waals surface area contributed by atoms with Gasteiger partial charge in [-0.25, -0.2) is 4.98 Å². The van der Waals surface area contributed by atoms with Gasteiger partial charge < -0.3 is 10.6 Å². The molecule has 1 fully saturated rings. The average molecular weight is 201 g/mol. The van der Waals surface area contributed by atoms with Gasteiger partial charge in [0.2, 0.25) is 0 Å². The molecule has 3 heteroatoms. The van der Waals surface area contributed by atoms with Crippen LogP contribution in [0.3, 0.4) is 0 Å². The predicted molar refractivity (Wildman–Crippen MR) is 60.6 cm³/mol. The first kappa shape index (κ1) is 8.92. The van der Waals surface area contributed by atoms with Gasteiger partial charge in [0, 0.05) is 18.9 Å². The first-order chi connectivity index (χ1) is 7.43. The van der Waals surface area contributed by atoms with E-state index in [-0.39, 0.29) is 0 Å². The van der Waals surface area contributed by atoms with E-state index in [1.165, 1.54) is 17.6 Å². The number of anilines is 1. The monoisotopic (exact) mass is 201 g/mol. The molecule has 2 aliphatic heterocycles. The zero-order chi connectivity index (χ0) is 10.1. The molecule has 1 unspecified atom stereocenters. The maximum absolute atomic E-state index is 4.31. The van der Waals surface area contributed by atoms with Crippen molar-refractivity contribution in [2.75, 3.05) is 18.4 Å². The molecule has 1 aromatic rings. The highest BCUT2D eigenvalue weighted by Crippen LogP contribution is 2.28. The van der Waals surface area contributed by atoms with Gasteiger partial charge in [-0.2, -0.15) is 0 Å². The van der Waals surface area contributed by atoms with Gasteiger partial charge in [-0.3, -0.25) is 0 Å². The van der Waals surface area contributed by atoms with Crippen LogP contribution in [-0.4, -0.2) is 18.1 Å². The van der Waals surface area contributed by atoms with Crippen LogP contribution in [-0.2, 0) is 6.42 Å². The summed E-state index contributed by atoms with van der Waals surface area (Å²) in [7, 11) is 0. The largest absolute Gasteiger partial charge is 0.346 e. The van der Waals surface area contributed by atoms with Crippen molar-refractivity contribution < 1.29 is 0 Å². The summed E-state index contributed by atoms with van der Waals surface area (Å²) in [4.78, 5) is 4.31. The molecule has 1 aromatic heterocycles. The standard InChI is InChI=1S/C12H15N3/c1-2-9-6-11(10-3-5-13-7-10)8-15-12(9)14-4-1/h1-2,4,8,10,13H,3,5-7H2,(H,14,15). The maximum atomic E-state index is 4.31. The van der Waals surface area contributed by atoms with E-state index < -0.39 is 0 Å². The van der Waals surface area contributed by atoms with Crippen LogP contribution < -0.4 is 10.6 Å². The van der Waals surface area contributed by atoms with E-state index in [0.29, 0.717) is 5.92 Å². The topological polar surface area (TPSA) is 37.0 Å². The van der Waals surface area contributed by atoms with Crippen molar-refractivity contribution in [1.29, 1.82) is 0 Å². The van der Waals surface area contributed by atoms with Gasteiger partial charge in [0.25, 0.3) is 0 Å². The smallest absolute Gasteiger partial charge is 0.133 e. The van der Waals surface area contributed by atoms with Gasteiger partial charge in [-0.05, 0) is 42.5 Å². The van der Waals surface area contributed by atoms with Crippen LogP contribution in [0.25, 0.3) is 0 Å². The molecule has 3 rings (SSSR count). The van der Waals surface area contributed by atoms with Crippen molar-refractivity contribution >= 4 is 5.82 Å². The lowest BCUT2D eigenvalue weighted by Crippen LogP contribution is -2.16. The Labute approximate surface area is 89.6 Å². The minimum absolute atomic E-state index is 0.714. The summed E-state index contributed by atoms with van der Waals surface area (Å²) in [6, 6.07) is 4.17. The number of nitrogens with zero attached hydrogens (tertiary/aromatic N) is 1. The van der Waals surface area contributed by atoms with Gasteiger partial charge in [-0.15, -0.1) is 0 Å². The lowest BCUT2D eigenvalue weighted by atomic mass is 9.91. The fraction of sp³-hybridized carbons (Fsp3) is 0.417. The van der Waals surface area contributed by atoms with E-state index >= 15 is 0 Å². The Morgan fingerprint density at radius 2 is 2.40 bits per heavy atom. The third-order valence-electron chi connectivity index (χ3n) is 3.26. The molecule has 3 nitrogen and oxygen atoms in total. The van der Waals surface area contributed by atoms with E-state index in [9.17, 15) is 0 Å². The van der Waals surface area contributed by atoms with Crippen LogP contribution >= 0.6 is 0 Å².